The van der Waals surface area contributed by atoms with Crippen LogP contribution in [-0.2, 0) is 19.1 Å². The quantitative estimate of drug-likeness (QED) is 0.279. The van der Waals surface area contributed by atoms with Crippen molar-refractivity contribution in [3.63, 3.8) is 0 Å². The second-order valence-corrected chi connectivity index (χ2v) is 1.44. The molecule has 10 heavy (non-hydrogen) atoms. The van der Waals surface area contributed by atoms with Crippen molar-refractivity contribution >= 4 is 66.6 Å². The number of carbonyl (C=O) groups is 3. The van der Waals surface area contributed by atoms with Crippen molar-refractivity contribution in [1.82, 2.24) is 0 Å². The summed E-state index contributed by atoms with van der Waals surface area (Å²) in [5.41, 5.74) is 0. The van der Waals surface area contributed by atoms with Gasteiger partial charge in [0.25, 0.3) is 0 Å². The van der Waals surface area contributed by atoms with Gasteiger partial charge in [0.1, 0.15) is 0 Å². The molecule has 0 unspecified atom stereocenters. The standard InChI is InChI=1S/C5H6O4.Ba.2H/c1-3(6)5(8)9-4(2)7;;;/h1-2H3;;;/q;+2;2*-1. The minimum Gasteiger partial charge on any atom is -1.00 e. The van der Waals surface area contributed by atoms with Crippen LogP contribution < -0.4 is 0 Å². The van der Waals surface area contributed by atoms with Crippen LogP contribution in [0.4, 0.5) is 0 Å². The Hall–Kier alpha value is 0.381. The number of esters is 2. The number of ether oxygens (including phenoxy) is 1. The van der Waals surface area contributed by atoms with E-state index in [1.165, 1.54) is 0 Å². The van der Waals surface area contributed by atoms with Crippen LogP contribution in [0.2, 0.25) is 0 Å². The summed E-state index contributed by atoms with van der Waals surface area (Å²) in [6.07, 6.45) is 0. The third-order valence-electron chi connectivity index (χ3n) is 0.524. The first-order chi connectivity index (χ1) is 4.04. The number of ketones is 1. The number of rotatable bonds is 1. The Kier molecular flexibility index (Phi) is 7.95. The van der Waals surface area contributed by atoms with Crippen molar-refractivity contribution in [3.05, 3.63) is 0 Å². The summed E-state index contributed by atoms with van der Waals surface area (Å²) < 4.78 is 3.88. The van der Waals surface area contributed by atoms with E-state index >= 15 is 0 Å². The molecule has 0 aromatic heterocycles. The summed E-state index contributed by atoms with van der Waals surface area (Å²) in [6.45, 7) is 2.09. The average molecular weight is 269 g/mol. The van der Waals surface area contributed by atoms with E-state index in [-0.39, 0.29) is 51.7 Å². The molecule has 0 aromatic rings. The van der Waals surface area contributed by atoms with Crippen molar-refractivity contribution < 1.29 is 22.0 Å². The van der Waals surface area contributed by atoms with E-state index in [4.69, 9.17) is 0 Å². The summed E-state index contributed by atoms with van der Waals surface area (Å²) in [6, 6.07) is 0. The molecule has 54 valence electrons. The van der Waals surface area contributed by atoms with Crippen molar-refractivity contribution in [2.75, 3.05) is 0 Å². The maximum absolute atomic E-state index is 10.2. The van der Waals surface area contributed by atoms with E-state index in [1.54, 1.807) is 0 Å². The van der Waals surface area contributed by atoms with Crippen LogP contribution in [0.1, 0.15) is 16.7 Å². The van der Waals surface area contributed by atoms with E-state index in [0.717, 1.165) is 13.8 Å². The zero-order valence-electron chi connectivity index (χ0n) is 7.84. The van der Waals surface area contributed by atoms with Crippen LogP contribution in [0.3, 0.4) is 0 Å². The summed E-state index contributed by atoms with van der Waals surface area (Å²) >= 11 is 0. The summed E-state index contributed by atoms with van der Waals surface area (Å²) in [5, 5.41) is 0. The van der Waals surface area contributed by atoms with Gasteiger partial charge in [-0.2, -0.15) is 0 Å². The maximum Gasteiger partial charge on any atom is 2.00 e. The van der Waals surface area contributed by atoms with Gasteiger partial charge < -0.3 is 7.59 Å². The molecule has 4 nitrogen and oxygen atoms in total. The maximum atomic E-state index is 10.2. The summed E-state index contributed by atoms with van der Waals surface area (Å²) in [4.78, 5) is 30.2. The van der Waals surface area contributed by atoms with E-state index in [2.05, 4.69) is 4.74 Å². The van der Waals surface area contributed by atoms with E-state index in [0.29, 0.717) is 0 Å². The zero-order chi connectivity index (χ0) is 7.44. The average Bonchev–Trinajstić information content (AvgIpc) is 1.63. The number of Topliss-reactive ketones (excluding diaryl/α,β-unsaturated/α-hetero) is 1. The fraction of sp³-hybridized carbons (Fsp3) is 0.400. The first-order valence-corrected chi connectivity index (χ1v) is 2.27. The van der Waals surface area contributed by atoms with Gasteiger partial charge in [0.15, 0.2) is 0 Å². The van der Waals surface area contributed by atoms with Crippen LogP contribution >= 0.6 is 0 Å². The molecule has 0 amide bonds. The third-order valence-corrected chi connectivity index (χ3v) is 0.524. The predicted octanol–water partition coefficient (Wildman–Crippen LogP) is -0.491. The number of hydrogen-bond acceptors (Lipinski definition) is 4. The number of carbonyl (C=O) groups excluding carboxylic acids is 3. The van der Waals surface area contributed by atoms with E-state index < -0.39 is 17.7 Å². The van der Waals surface area contributed by atoms with Gasteiger partial charge in [0, 0.05) is 13.8 Å². The van der Waals surface area contributed by atoms with E-state index in [9.17, 15) is 14.4 Å². The van der Waals surface area contributed by atoms with Crippen molar-refractivity contribution in [1.29, 1.82) is 0 Å². The van der Waals surface area contributed by atoms with Crippen LogP contribution in [0, 0.1) is 0 Å². The van der Waals surface area contributed by atoms with Gasteiger partial charge in [-0.15, -0.1) is 0 Å². The van der Waals surface area contributed by atoms with Crippen LogP contribution in [-0.4, -0.2) is 66.6 Å². The minimum atomic E-state index is -1.11. The molecule has 0 aliphatic rings. The zero-order valence-corrected chi connectivity index (χ0v) is 10.3. The predicted molar refractivity (Wildman–Crippen MR) is 35.4 cm³/mol. The van der Waals surface area contributed by atoms with Gasteiger partial charge in [-0.1, -0.05) is 0 Å². The molecule has 0 saturated heterocycles. The van der Waals surface area contributed by atoms with Crippen LogP contribution in [0.5, 0.6) is 0 Å². The fourth-order valence-corrected chi connectivity index (χ4v) is 0.202. The molecule has 0 atom stereocenters. The van der Waals surface area contributed by atoms with Gasteiger partial charge in [0.05, 0.1) is 0 Å². The van der Waals surface area contributed by atoms with Crippen LogP contribution in [0.25, 0.3) is 0 Å². The Morgan fingerprint density at radius 1 is 1.20 bits per heavy atom. The molecule has 0 heterocycles. The molecular weight excluding hydrogens is 261 g/mol. The van der Waals surface area contributed by atoms with Gasteiger partial charge >= 0.3 is 60.8 Å². The Morgan fingerprint density at radius 3 is 1.70 bits per heavy atom. The normalized spacial score (nSPS) is 7.40. The molecule has 0 fully saturated rings. The monoisotopic (exact) mass is 270 g/mol. The minimum absolute atomic E-state index is 0. The van der Waals surface area contributed by atoms with Gasteiger partial charge in [0.2, 0.25) is 5.78 Å². The SMILES string of the molecule is CC(=O)OC(=O)C(C)=O.[Ba+2].[H-].[H-]. The van der Waals surface area contributed by atoms with Gasteiger partial charge in [-0.25, -0.2) is 4.79 Å². The third kappa shape index (κ3) is 6.50. The summed E-state index contributed by atoms with van der Waals surface area (Å²) in [5.74, 6) is -2.65. The van der Waals surface area contributed by atoms with Crippen LogP contribution in [0.15, 0.2) is 0 Å². The molecule has 0 bridgehead atoms. The molecule has 0 aliphatic heterocycles. The van der Waals surface area contributed by atoms with Crippen molar-refractivity contribution in [3.8, 4) is 0 Å². The first kappa shape index (κ1) is 13.0. The van der Waals surface area contributed by atoms with E-state index in [1.807, 2.05) is 0 Å². The number of hydrogen-bond donors (Lipinski definition) is 0. The van der Waals surface area contributed by atoms with Crippen molar-refractivity contribution in [2.45, 2.75) is 13.8 Å². The molecule has 5 heteroatoms. The molecule has 0 spiro atoms. The van der Waals surface area contributed by atoms with Crippen molar-refractivity contribution in [2.24, 2.45) is 0 Å². The smallest absolute Gasteiger partial charge is 1.00 e. The molecule has 0 rings (SSSR count). The molecule has 0 saturated carbocycles. The molecule has 0 N–H and O–H groups in total. The topological polar surface area (TPSA) is 60.4 Å². The summed E-state index contributed by atoms with van der Waals surface area (Å²) in [7, 11) is 0. The Morgan fingerprint density at radius 2 is 1.60 bits per heavy atom. The molecular formula is C5H8BaO4. The second-order valence-electron chi connectivity index (χ2n) is 1.44. The Bertz CT molecular complexity index is 171. The molecule has 0 aliphatic carbocycles. The molecule has 0 aromatic carbocycles. The Balaban J connectivity index is -0.000000107. The second kappa shape index (κ2) is 6.11. The van der Waals surface area contributed by atoms with Gasteiger partial charge in [-0.3, -0.25) is 9.59 Å². The Labute approximate surface area is 101 Å². The largest absolute Gasteiger partial charge is 2.00 e. The fourth-order valence-electron chi connectivity index (χ4n) is 0.202. The van der Waals surface area contributed by atoms with Gasteiger partial charge in [-0.05, 0) is 0 Å². The first-order valence-electron chi connectivity index (χ1n) is 2.27. The molecule has 0 radical (unpaired) electrons.